The molecule has 1 N–H and O–H groups in total. The van der Waals surface area contributed by atoms with E-state index in [0.29, 0.717) is 6.54 Å². The summed E-state index contributed by atoms with van der Waals surface area (Å²) in [4.78, 5) is 0. The number of benzene rings is 2. The van der Waals surface area contributed by atoms with Gasteiger partial charge in [0.1, 0.15) is 5.69 Å². The van der Waals surface area contributed by atoms with E-state index in [1.807, 2.05) is 25.4 Å². The lowest BCUT2D eigenvalue weighted by atomic mass is 10.0. The minimum atomic E-state index is 0.664. The van der Waals surface area contributed by atoms with Crippen LogP contribution in [0.1, 0.15) is 5.69 Å². The van der Waals surface area contributed by atoms with Gasteiger partial charge < -0.3 is 5.32 Å². The van der Waals surface area contributed by atoms with Crippen molar-refractivity contribution in [3.05, 3.63) is 66.5 Å². The number of hydrogen-bond donors (Lipinski definition) is 1. The van der Waals surface area contributed by atoms with Gasteiger partial charge in [-0.2, -0.15) is 0 Å². The first-order valence-corrected chi connectivity index (χ1v) is 6.56. The Morgan fingerprint density at radius 2 is 1.75 bits per heavy atom. The van der Waals surface area contributed by atoms with E-state index < -0.39 is 0 Å². The molecule has 0 saturated heterocycles. The zero-order valence-corrected chi connectivity index (χ0v) is 11.3. The van der Waals surface area contributed by atoms with Crippen molar-refractivity contribution in [2.75, 3.05) is 5.32 Å². The zero-order valence-electron chi connectivity index (χ0n) is 11.3. The molecule has 0 unspecified atom stereocenters. The van der Waals surface area contributed by atoms with Gasteiger partial charge in [-0.1, -0.05) is 53.7 Å². The molecular weight excluding hydrogens is 248 g/mol. The van der Waals surface area contributed by atoms with Crippen molar-refractivity contribution in [1.29, 1.82) is 0 Å². The van der Waals surface area contributed by atoms with Crippen molar-refractivity contribution >= 4 is 5.69 Å². The molecule has 0 atom stereocenters. The number of rotatable bonds is 4. The van der Waals surface area contributed by atoms with Crippen LogP contribution in [0.2, 0.25) is 0 Å². The lowest BCUT2D eigenvalue weighted by Crippen LogP contribution is -2.01. The van der Waals surface area contributed by atoms with Gasteiger partial charge in [-0.25, -0.2) is 0 Å². The molecule has 0 amide bonds. The van der Waals surface area contributed by atoms with E-state index in [-0.39, 0.29) is 0 Å². The number of para-hydroxylation sites is 1. The summed E-state index contributed by atoms with van der Waals surface area (Å²) in [5, 5.41) is 11.4. The van der Waals surface area contributed by atoms with Gasteiger partial charge in [0.2, 0.25) is 0 Å². The number of nitrogens with one attached hydrogen (secondary N) is 1. The Labute approximate surface area is 118 Å². The van der Waals surface area contributed by atoms with Gasteiger partial charge >= 0.3 is 0 Å². The molecule has 3 rings (SSSR count). The van der Waals surface area contributed by atoms with Crippen LogP contribution >= 0.6 is 0 Å². The molecule has 1 heterocycles. The van der Waals surface area contributed by atoms with Crippen LogP contribution in [0.5, 0.6) is 0 Å². The monoisotopic (exact) mass is 264 g/mol. The van der Waals surface area contributed by atoms with Crippen LogP contribution in [0.15, 0.2) is 60.8 Å². The summed E-state index contributed by atoms with van der Waals surface area (Å²) in [5.74, 6) is 0. The van der Waals surface area contributed by atoms with Gasteiger partial charge in [0, 0.05) is 24.5 Å². The lowest BCUT2D eigenvalue weighted by molar-refractivity contribution is 0.713. The smallest absolute Gasteiger partial charge is 0.102 e. The fourth-order valence-corrected chi connectivity index (χ4v) is 2.17. The van der Waals surface area contributed by atoms with E-state index in [1.165, 1.54) is 11.1 Å². The second-order valence-corrected chi connectivity index (χ2v) is 4.65. The molecule has 1 aromatic heterocycles. The van der Waals surface area contributed by atoms with Crippen molar-refractivity contribution in [3.8, 4) is 11.1 Å². The Bertz CT molecular complexity index is 688. The first kappa shape index (κ1) is 12.4. The molecule has 0 bridgehead atoms. The fourth-order valence-electron chi connectivity index (χ4n) is 2.17. The summed E-state index contributed by atoms with van der Waals surface area (Å²) in [6.45, 7) is 0.664. The van der Waals surface area contributed by atoms with Crippen LogP contribution < -0.4 is 5.32 Å². The standard InChI is InChI=1S/C16H16N4/c1-20-12-14(18-19-20)11-17-16-10-6-5-9-15(16)13-7-3-2-4-8-13/h2-10,12,17H,11H2,1H3. The van der Waals surface area contributed by atoms with Crippen molar-refractivity contribution < 1.29 is 0 Å². The molecule has 0 aliphatic rings. The largest absolute Gasteiger partial charge is 0.379 e. The summed E-state index contributed by atoms with van der Waals surface area (Å²) in [5.41, 5.74) is 4.42. The Kier molecular flexibility index (Phi) is 3.46. The van der Waals surface area contributed by atoms with E-state index in [1.54, 1.807) is 4.68 Å². The molecule has 20 heavy (non-hydrogen) atoms. The van der Waals surface area contributed by atoms with Gasteiger partial charge in [-0.15, -0.1) is 5.10 Å². The van der Waals surface area contributed by atoms with Crippen molar-refractivity contribution in [3.63, 3.8) is 0 Å². The molecule has 4 heteroatoms. The molecule has 0 saturated carbocycles. The van der Waals surface area contributed by atoms with E-state index in [0.717, 1.165) is 11.4 Å². The highest BCUT2D eigenvalue weighted by molar-refractivity contribution is 5.77. The Morgan fingerprint density at radius 1 is 1.00 bits per heavy atom. The highest BCUT2D eigenvalue weighted by Gasteiger charge is 2.04. The summed E-state index contributed by atoms with van der Waals surface area (Å²) in [7, 11) is 1.87. The molecule has 2 aromatic carbocycles. The van der Waals surface area contributed by atoms with Crippen LogP contribution in [0.3, 0.4) is 0 Å². The fraction of sp³-hybridized carbons (Fsp3) is 0.125. The average Bonchev–Trinajstić information content (AvgIpc) is 2.92. The van der Waals surface area contributed by atoms with E-state index in [2.05, 4.69) is 58.1 Å². The molecule has 0 spiro atoms. The van der Waals surface area contributed by atoms with Crippen LogP contribution in [-0.2, 0) is 13.6 Å². The predicted molar refractivity (Wildman–Crippen MR) is 80.2 cm³/mol. The second kappa shape index (κ2) is 5.57. The van der Waals surface area contributed by atoms with Crippen LogP contribution in [-0.4, -0.2) is 15.0 Å². The van der Waals surface area contributed by atoms with E-state index in [9.17, 15) is 0 Å². The third-order valence-corrected chi connectivity index (χ3v) is 3.12. The van der Waals surface area contributed by atoms with E-state index >= 15 is 0 Å². The maximum atomic E-state index is 4.08. The van der Waals surface area contributed by atoms with Crippen LogP contribution in [0, 0.1) is 0 Å². The number of aryl methyl sites for hydroxylation is 1. The van der Waals surface area contributed by atoms with Gasteiger partial charge in [0.25, 0.3) is 0 Å². The quantitative estimate of drug-likeness (QED) is 0.787. The summed E-state index contributed by atoms with van der Waals surface area (Å²) >= 11 is 0. The number of nitrogens with zero attached hydrogens (tertiary/aromatic N) is 3. The number of aromatic nitrogens is 3. The van der Waals surface area contributed by atoms with Crippen molar-refractivity contribution in [2.45, 2.75) is 6.54 Å². The lowest BCUT2D eigenvalue weighted by Gasteiger charge is -2.11. The minimum Gasteiger partial charge on any atom is -0.379 e. The third kappa shape index (κ3) is 2.69. The highest BCUT2D eigenvalue weighted by Crippen LogP contribution is 2.27. The first-order chi connectivity index (χ1) is 9.83. The Balaban J connectivity index is 1.83. The molecule has 0 radical (unpaired) electrons. The molecule has 0 aliphatic heterocycles. The second-order valence-electron chi connectivity index (χ2n) is 4.65. The predicted octanol–water partition coefficient (Wildman–Crippen LogP) is 3.09. The molecule has 0 aliphatic carbocycles. The van der Waals surface area contributed by atoms with Gasteiger partial charge in [0.15, 0.2) is 0 Å². The third-order valence-electron chi connectivity index (χ3n) is 3.12. The van der Waals surface area contributed by atoms with Crippen molar-refractivity contribution in [1.82, 2.24) is 15.0 Å². The normalized spacial score (nSPS) is 10.4. The summed E-state index contributed by atoms with van der Waals surface area (Å²) < 4.78 is 1.71. The topological polar surface area (TPSA) is 42.7 Å². The SMILES string of the molecule is Cn1cc(CNc2ccccc2-c2ccccc2)nn1. The van der Waals surface area contributed by atoms with E-state index in [4.69, 9.17) is 0 Å². The van der Waals surface area contributed by atoms with Crippen molar-refractivity contribution in [2.24, 2.45) is 7.05 Å². The van der Waals surface area contributed by atoms with Gasteiger partial charge in [0.05, 0.1) is 6.54 Å². The first-order valence-electron chi connectivity index (χ1n) is 6.56. The van der Waals surface area contributed by atoms with Gasteiger partial charge in [-0.05, 0) is 11.6 Å². The molecule has 0 fully saturated rings. The van der Waals surface area contributed by atoms with Gasteiger partial charge in [-0.3, -0.25) is 4.68 Å². The molecular formula is C16H16N4. The average molecular weight is 264 g/mol. The maximum Gasteiger partial charge on any atom is 0.102 e. The number of anilines is 1. The summed E-state index contributed by atoms with van der Waals surface area (Å²) in [6.07, 6.45) is 1.91. The Morgan fingerprint density at radius 3 is 2.50 bits per heavy atom. The van der Waals surface area contributed by atoms with Crippen LogP contribution in [0.4, 0.5) is 5.69 Å². The molecule has 3 aromatic rings. The number of hydrogen-bond acceptors (Lipinski definition) is 3. The summed E-state index contributed by atoms with van der Waals surface area (Å²) in [6, 6.07) is 18.6. The zero-order chi connectivity index (χ0) is 13.8. The maximum absolute atomic E-state index is 4.08. The molecule has 4 nitrogen and oxygen atoms in total. The van der Waals surface area contributed by atoms with Crippen LogP contribution in [0.25, 0.3) is 11.1 Å². The Hall–Kier alpha value is -2.62. The highest BCUT2D eigenvalue weighted by atomic mass is 15.4. The minimum absolute atomic E-state index is 0.664. The molecule has 100 valence electrons.